The molecular formula is C13H12O4. The molecular weight excluding hydrogens is 220 g/mol. The van der Waals surface area contributed by atoms with Crippen molar-refractivity contribution in [2.24, 2.45) is 23.2 Å². The van der Waals surface area contributed by atoms with Gasteiger partial charge in [0.2, 0.25) is 0 Å². The van der Waals surface area contributed by atoms with Gasteiger partial charge in [-0.2, -0.15) is 0 Å². The van der Waals surface area contributed by atoms with Crippen LogP contribution in [0.4, 0.5) is 0 Å². The highest BCUT2D eigenvalue weighted by Crippen LogP contribution is 2.61. The molecule has 0 saturated heterocycles. The average Bonchev–Trinajstić information content (AvgIpc) is 2.79. The minimum absolute atomic E-state index is 0.0990. The maximum absolute atomic E-state index is 11.3. The molecule has 0 aromatic rings. The number of carboxylic acids is 2. The van der Waals surface area contributed by atoms with Gasteiger partial charge in [-0.3, -0.25) is 4.79 Å². The third-order valence-electron chi connectivity index (χ3n) is 4.21. The van der Waals surface area contributed by atoms with Crippen LogP contribution >= 0.6 is 0 Å². The standard InChI is InChI=1S/C13H12O4/c14-11(15)8-6-13-4-2-1-3-9(13)10(12(16)17)7(8)5-13/h1-4,6-7,9-10H,5H2,(H,14,15)(H,16,17). The van der Waals surface area contributed by atoms with Crippen LogP contribution in [0.2, 0.25) is 0 Å². The highest BCUT2D eigenvalue weighted by molar-refractivity contribution is 5.91. The zero-order chi connectivity index (χ0) is 12.2. The summed E-state index contributed by atoms with van der Waals surface area (Å²) in [5, 5.41) is 18.4. The molecule has 0 amide bonds. The minimum Gasteiger partial charge on any atom is -0.481 e. The highest BCUT2D eigenvalue weighted by Gasteiger charge is 2.59. The largest absolute Gasteiger partial charge is 0.481 e. The molecule has 4 heteroatoms. The van der Waals surface area contributed by atoms with E-state index < -0.39 is 17.9 Å². The van der Waals surface area contributed by atoms with Gasteiger partial charge in [-0.1, -0.05) is 30.4 Å². The van der Waals surface area contributed by atoms with Crippen molar-refractivity contribution in [1.29, 1.82) is 0 Å². The summed E-state index contributed by atoms with van der Waals surface area (Å²) in [5.41, 5.74) is -0.107. The van der Waals surface area contributed by atoms with Crippen LogP contribution in [-0.4, -0.2) is 22.2 Å². The van der Waals surface area contributed by atoms with Crippen molar-refractivity contribution in [3.05, 3.63) is 36.0 Å². The monoisotopic (exact) mass is 232 g/mol. The van der Waals surface area contributed by atoms with Crippen LogP contribution < -0.4 is 0 Å². The Morgan fingerprint density at radius 2 is 2.06 bits per heavy atom. The summed E-state index contributed by atoms with van der Waals surface area (Å²) < 4.78 is 0. The van der Waals surface area contributed by atoms with Crippen LogP contribution in [0.15, 0.2) is 36.0 Å². The molecule has 4 unspecified atom stereocenters. The molecule has 3 rings (SSSR count). The Balaban J connectivity index is 2.12. The first-order valence-electron chi connectivity index (χ1n) is 5.60. The molecule has 4 atom stereocenters. The topological polar surface area (TPSA) is 74.6 Å². The Hall–Kier alpha value is -1.84. The van der Waals surface area contributed by atoms with E-state index >= 15 is 0 Å². The van der Waals surface area contributed by atoms with Crippen molar-refractivity contribution in [3.8, 4) is 0 Å². The van der Waals surface area contributed by atoms with Gasteiger partial charge < -0.3 is 10.2 Å². The first-order chi connectivity index (χ1) is 8.05. The van der Waals surface area contributed by atoms with Crippen molar-refractivity contribution >= 4 is 11.9 Å². The summed E-state index contributed by atoms with van der Waals surface area (Å²) >= 11 is 0. The molecule has 3 aliphatic carbocycles. The number of hydrogen-bond acceptors (Lipinski definition) is 2. The molecule has 2 N–H and O–H groups in total. The summed E-state index contributed by atoms with van der Waals surface area (Å²) in [6.07, 6.45) is 9.93. The summed E-state index contributed by atoms with van der Waals surface area (Å²) in [6, 6.07) is 0. The first-order valence-corrected chi connectivity index (χ1v) is 5.60. The van der Waals surface area contributed by atoms with Crippen LogP contribution in [0.1, 0.15) is 6.42 Å². The van der Waals surface area contributed by atoms with Crippen LogP contribution in [0.5, 0.6) is 0 Å². The zero-order valence-corrected chi connectivity index (χ0v) is 9.04. The molecule has 0 radical (unpaired) electrons. The normalized spacial score (nSPS) is 41.2. The van der Waals surface area contributed by atoms with Gasteiger partial charge in [0.15, 0.2) is 0 Å². The van der Waals surface area contributed by atoms with E-state index in [1.807, 2.05) is 24.3 Å². The van der Waals surface area contributed by atoms with Gasteiger partial charge in [0, 0.05) is 22.8 Å². The third-order valence-corrected chi connectivity index (χ3v) is 4.21. The van der Waals surface area contributed by atoms with E-state index in [1.165, 1.54) is 0 Å². The Labute approximate surface area is 97.9 Å². The van der Waals surface area contributed by atoms with Crippen molar-refractivity contribution < 1.29 is 19.8 Å². The fourth-order valence-corrected chi connectivity index (χ4v) is 3.57. The van der Waals surface area contributed by atoms with E-state index in [0.29, 0.717) is 6.42 Å². The summed E-state index contributed by atoms with van der Waals surface area (Å²) in [7, 11) is 0. The second-order valence-corrected chi connectivity index (χ2v) is 4.96. The molecule has 1 spiro atoms. The molecule has 88 valence electrons. The van der Waals surface area contributed by atoms with Gasteiger partial charge in [0.1, 0.15) is 0 Å². The molecule has 1 saturated carbocycles. The van der Waals surface area contributed by atoms with E-state index in [4.69, 9.17) is 5.11 Å². The highest BCUT2D eigenvalue weighted by atomic mass is 16.4. The van der Waals surface area contributed by atoms with E-state index in [2.05, 4.69) is 0 Å². The third kappa shape index (κ3) is 1.18. The lowest BCUT2D eigenvalue weighted by atomic mass is 9.70. The Kier molecular flexibility index (Phi) is 1.88. The Morgan fingerprint density at radius 3 is 2.71 bits per heavy atom. The number of allylic oxidation sites excluding steroid dienone is 5. The van der Waals surface area contributed by atoms with Crippen LogP contribution in [0.3, 0.4) is 0 Å². The second kappa shape index (κ2) is 3.09. The van der Waals surface area contributed by atoms with Gasteiger partial charge in [0.05, 0.1) is 5.92 Å². The number of hydrogen-bond donors (Lipinski definition) is 2. The molecule has 0 aromatic heterocycles. The first kappa shape index (κ1) is 10.3. The van der Waals surface area contributed by atoms with Gasteiger partial charge >= 0.3 is 11.9 Å². The number of carboxylic acid groups (broad SMARTS) is 2. The molecule has 2 bridgehead atoms. The lowest BCUT2D eigenvalue weighted by Crippen LogP contribution is -2.34. The second-order valence-electron chi connectivity index (χ2n) is 4.96. The van der Waals surface area contributed by atoms with Crippen molar-refractivity contribution in [3.63, 3.8) is 0 Å². The Morgan fingerprint density at radius 1 is 1.29 bits per heavy atom. The fraction of sp³-hybridized carbons (Fsp3) is 0.385. The van der Waals surface area contributed by atoms with Gasteiger partial charge in [-0.05, 0) is 6.42 Å². The lowest BCUT2D eigenvalue weighted by Gasteiger charge is -2.33. The van der Waals surface area contributed by atoms with Crippen LogP contribution in [0, 0.1) is 23.2 Å². The zero-order valence-electron chi connectivity index (χ0n) is 9.04. The molecule has 0 aliphatic heterocycles. The van der Waals surface area contributed by atoms with Crippen molar-refractivity contribution in [2.45, 2.75) is 6.42 Å². The SMILES string of the molecule is O=C(O)C1=CC23C=CC=CC2C(C(=O)O)C1C3. The molecule has 0 aromatic carbocycles. The number of carbonyl (C=O) groups is 2. The lowest BCUT2D eigenvalue weighted by molar-refractivity contribution is -0.144. The molecule has 1 fully saturated rings. The molecule has 3 aliphatic rings. The van der Waals surface area contributed by atoms with Crippen LogP contribution in [-0.2, 0) is 9.59 Å². The predicted octanol–water partition coefficient (Wildman–Crippen LogP) is 1.46. The number of rotatable bonds is 2. The summed E-state index contributed by atoms with van der Waals surface area (Å²) in [6.45, 7) is 0. The maximum atomic E-state index is 11.3. The summed E-state index contributed by atoms with van der Waals surface area (Å²) in [4.78, 5) is 22.5. The average molecular weight is 232 g/mol. The van der Waals surface area contributed by atoms with E-state index in [1.54, 1.807) is 6.08 Å². The number of fused-ring (bicyclic) bond motifs is 1. The van der Waals surface area contributed by atoms with Crippen molar-refractivity contribution in [1.82, 2.24) is 0 Å². The smallest absolute Gasteiger partial charge is 0.331 e. The molecule has 17 heavy (non-hydrogen) atoms. The van der Waals surface area contributed by atoms with E-state index in [-0.39, 0.29) is 22.8 Å². The fourth-order valence-electron chi connectivity index (χ4n) is 3.57. The quantitative estimate of drug-likeness (QED) is 0.755. The van der Waals surface area contributed by atoms with Gasteiger partial charge in [-0.25, -0.2) is 4.79 Å². The van der Waals surface area contributed by atoms with Crippen LogP contribution in [0.25, 0.3) is 0 Å². The summed E-state index contributed by atoms with van der Waals surface area (Å²) in [5.74, 6) is -2.94. The van der Waals surface area contributed by atoms with E-state index in [0.717, 1.165) is 0 Å². The predicted molar refractivity (Wildman–Crippen MR) is 59.2 cm³/mol. The minimum atomic E-state index is -0.987. The molecule has 4 nitrogen and oxygen atoms in total. The van der Waals surface area contributed by atoms with Gasteiger partial charge in [-0.15, -0.1) is 0 Å². The number of aliphatic carboxylic acids is 2. The maximum Gasteiger partial charge on any atom is 0.331 e. The van der Waals surface area contributed by atoms with Gasteiger partial charge in [0.25, 0.3) is 0 Å². The van der Waals surface area contributed by atoms with E-state index in [9.17, 15) is 14.7 Å². The Bertz CT molecular complexity index is 500. The van der Waals surface area contributed by atoms with Crippen molar-refractivity contribution in [2.75, 3.05) is 0 Å². The molecule has 0 heterocycles.